The predicted octanol–water partition coefficient (Wildman–Crippen LogP) is 4.69. The lowest BCUT2D eigenvalue weighted by Crippen LogP contribution is -2.06. The smallest absolute Gasteiger partial charge is 0.221 e. The summed E-state index contributed by atoms with van der Waals surface area (Å²) in [6, 6.07) is 21.0. The standard InChI is InChI=1S/C21H17NO2/c1-15(23)22-19-10-5-9-18(14-19)21(24)13-12-17-8-4-7-16-6-2-3-11-20(16)17/h2-14H,1H3,(H,22,23). The van der Waals surface area contributed by atoms with Crippen LogP contribution in [0.25, 0.3) is 16.8 Å². The first kappa shape index (κ1) is 15.7. The molecule has 0 radical (unpaired) electrons. The van der Waals surface area contributed by atoms with Gasteiger partial charge in [0, 0.05) is 18.2 Å². The molecule has 0 aromatic heterocycles. The Kier molecular flexibility index (Phi) is 4.52. The number of amides is 1. The van der Waals surface area contributed by atoms with Crippen LogP contribution in [0.5, 0.6) is 0 Å². The first-order valence-corrected chi connectivity index (χ1v) is 7.71. The summed E-state index contributed by atoms with van der Waals surface area (Å²) in [5.74, 6) is -0.263. The molecular weight excluding hydrogens is 298 g/mol. The van der Waals surface area contributed by atoms with E-state index in [0.717, 1.165) is 16.3 Å². The highest BCUT2D eigenvalue weighted by Crippen LogP contribution is 2.20. The molecule has 0 spiro atoms. The molecule has 0 saturated carbocycles. The highest BCUT2D eigenvalue weighted by molar-refractivity contribution is 6.08. The zero-order valence-corrected chi connectivity index (χ0v) is 13.3. The third-order valence-corrected chi connectivity index (χ3v) is 3.71. The minimum atomic E-state index is -0.161. The molecule has 1 amide bonds. The number of hydrogen-bond donors (Lipinski definition) is 1. The Morgan fingerprint density at radius 3 is 2.50 bits per heavy atom. The van der Waals surface area contributed by atoms with Crippen molar-refractivity contribution in [1.82, 2.24) is 0 Å². The van der Waals surface area contributed by atoms with Crippen molar-refractivity contribution in [2.24, 2.45) is 0 Å². The number of allylic oxidation sites excluding steroid dienone is 1. The summed E-state index contributed by atoms with van der Waals surface area (Å²) in [6.07, 6.45) is 3.39. The quantitative estimate of drug-likeness (QED) is 0.560. The predicted molar refractivity (Wildman–Crippen MR) is 98.1 cm³/mol. The second-order valence-corrected chi connectivity index (χ2v) is 5.53. The van der Waals surface area contributed by atoms with Crippen molar-refractivity contribution in [3.63, 3.8) is 0 Å². The van der Waals surface area contributed by atoms with E-state index in [1.807, 2.05) is 48.5 Å². The fourth-order valence-corrected chi connectivity index (χ4v) is 2.61. The lowest BCUT2D eigenvalue weighted by Gasteiger charge is -2.04. The van der Waals surface area contributed by atoms with E-state index in [2.05, 4.69) is 5.32 Å². The Labute approximate surface area is 140 Å². The number of nitrogens with one attached hydrogen (secondary N) is 1. The second-order valence-electron chi connectivity index (χ2n) is 5.53. The molecule has 0 fully saturated rings. The van der Waals surface area contributed by atoms with Crippen LogP contribution in [0.4, 0.5) is 5.69 Å². The largest absolute Gasteiger partial charge is 0.326 e. The van der Waals surface area contributed by atoms with Crippen LogP contribution in [-0.4, -0.2) is 11.7 Å². The Morgan fingerprint density at radius 1 is 0.917 bits per heavy atom. The van der Waals surface area contributed by atoms with E-state index in [9.17, 15) is 9.59 Å². The Bertz CT molecular complexity index is 936. The molecule has 0 bridgehead atoms. The maximum absolute atomic E-state index is 12.4. The van der Waals surface area contributed by atoms with Crippen molar-refractivity contribution >= 4 is 34.2 Å². The highest BCUT2D eigenvalue weighted by Gasteiger charge is 2.04. The van der Waals surface area contributed by atoms with Crippen molar-refractivity contribution in [3.8, 4) is 0 Å². The van der Waals surface area contributed by atoms with E-state index in [1.165, 1.54) is 6.92 Å². The molecule has 3 heteroatoms. The van der Waals surface area contributed by atoms with E-state index in [4.69, 9.17) is 0 Å². The maximum Gasteiger partial charge on any atom is 0.221 e. The summed E-state index contributed by atoms with van der Waals surface area (Å²) in [6.45, 7) is 1.44. The van der Waals surface area contributed by atoms with E-state index in [1.54, 1.807) is 30.3 Å². The van der Waals surface area contributed by atoms with Gasteiger partial charge < -0.3 is 5.32 Å². The number of hydrogen-bond acceptors (Lipinski definition) is 2. The molecule has 1 N–H and O–H groups in total. The normalized spacial score (nSPS) is 10.9. The highest BCUT2D eigenvalue weighted by atomic mass is 16.1. The number of fused-ring (bicyclic) bond motifs is 1. The van der Waals surface area contributed by atoms with Gasteiger partial charge in [0.2, 0.25) is 5.91 Å². The summed E-state index contributed by atoms with van der Waals surface area (Å²) in [5.41, 5.74) is 2.16. The van der Waals surface area contributed by atoms with Gasteiger partial charge in [-0.1, -0.05) is 60.7 Å². The van der Waals surface area contributed by atoms with E-state index < -0.39 is 0 Å². The lowest BCUT2D eigenvalue weighted by molar-refractivity contribution is -0.114. The lowest BCUT2D eigenvalue weighted by atomic mass is 10.0. The molecule has 0 unspecified atom stereocenters. The third-order valence-electron chi connectivity index (χ3n) is 3.71. The number of rotatable bonds is 4. The molecule has 118 valence electrons. The summed E-state index contributed by atoms with van der Waals surface area (Å²) in [4.78, 5) is 23.5. The van der Waals surface area contributed by atoms with Gasteiger partial charge in [0.15, 0.2) is 5.78 Å². The van der Waals surface area contributed by atoms with Gasteiger partial charge in [-0.25, -0.2) is 0 Å². The van der Waals surface area contributed by atoms with Gasteiger partial charge in [0.25, 0.3) is 0 Å². The molecule has 0 saturated heterocycles. The third kappa shape index (κ3) is 3.58. The molecule has 3 nitrogen and oxygen atoms in total. The molecule has 0 aliphatic rings. The summed E-state index contributed by atoms with van der Waals surface area (Å²) in [7, 11) is 0. The first-order valence-electron chi connectivity index (χ1n) is 7.71. The summed E-state index contributed by atoms with van der Waals surface area (Å²) in [5, 5.41) is 4.93. The van der Waals surface area contributed by atoms with Crippen LogP contribution in [0.1, 0.15) is 22.8 Å². The fraction of sp³-hybridized carbons (Fsp3) is 0.0476. The first-order chi connectivity index (χ1) is 11.6. The molecule has 0 aliphatic heterocycles. The molecule has 0 heterocycles. The Balaban J connectivity index is 1.86. The molecule has 3 aromatic carbocycles. The van der Waals surface area contributed by atoms with Gasteiger partial charge >= 0.3 is 0 Å². The SMILES string of the molecule is CC(=O)Nc1cccc(C(=O)C=Cc2cccc3ccccc23)c1. The second kappa shape index (κ2) is 6.92. The van der Waals surface area contributed by atoms with Crippen LogP contribution in [0, 0.1) is 0 Å². The Hall–Kier alpha value is -3.20. The number of anilines is 1. The molecule has 0 atom stereocenters. The number of carbonyl (C=O) groups excluding carboxylic acids is 2. The number of ketones is 1. The van der Waals surface area contributed by atoms with Crippen LogP contribution in [0.2, 0.25) is 0 Å². The summed E-state index contributed by atoms with van der Waals surface area (Å²) >= 11 is 0. The molecule has 0 aliphatic carbocycles. The van der Waals surface area contributed by atoms with E-state index in [0.29, 0.717) is 11.3 Å². The van der Waals surface area contributed by atoms with E-state index in [-0.39, 0.29) is 11.7 Å². The van der Waals surface area contributed by atoms with Crippen LogP contribution < -0.4 is 5.32 Å². The molecule has 3 rings (SSSR count). The minimum absolute atomic E-state index is 0.102. The zero-order valence-electron chi connectivity index (χ0n) is 13.3. The summed E-state index contributed by atoms with van der Waals surface area (Å²) < 4.78 is 0. The molecule has 3 aromatic rings. The average Bonchev–Trinajstić information content (AvgIpc) is 2.59. The monoisotopic (exact) mass is 315 g/mol. The van der Waals surface area contributed by atoms with Crippen molar-refractivity contribution in [2.45, 2.75) is 6.92 Å². The van der Waals surface area contributed by atoms with Crippen molar-refractivity contribution in [1.29, 1.82) is 0 Å². The molecular formula is C21H17NO2. The van der Waals surface area contributed by atoms with Gasteiger partial charge in [0.05, 0.1) is 0 Å². The minimum Gasteiger partial charge on any atom is -0.326 e. The van der Waals surface area contributed by atoms with Gasteiger partial charge in [-0.2, -0.15) is 0 Å². The number of carbonyl (C=O) groups is 2. The van der Waals surface area contributed by atoms with Crippen molar-refractivity contribution < 1.29 is 9.59 Å². The van der Waals surface area contributed by atoms with Gasteiger partial charge in [-0.05, 0) is 34.5 Å². The number of benzene rings is 3. The fourth-order valence-electron chi connectivity index (χ4n) is 2.61. The van der Waals surface area contributed by atoms with Crippen LogP contribution in [0.15, 0.2) is 72.8 Å². The van der Waals surface area contributed by atoms with Crippen LogP contribution in [-0.2, 0) is 4.79 Å². The van der Waals surface area contributed by atoms with Gasteiger partial charge in [-0.3, -0.25) is 9.59 Å². The van der Waals surface area contributed by atoms with Crippen molar-refractivity contribution in [2.75, 3.05) is 5.32 Å². The van der Waals surface area contributed by atoms with Gasteiger partial charge in [0.1, 0.15) is 0 Å². The maximum atomic E-state index is 12.4. The van der Waals surface area contributed by atoms with Crippen molar-refractivity contribution in [3.05, 3.63) is 83.9 Å². The zero-order chi connectivity index (χ0) is 16.9. The average molecular weight is 315 g/mol. The van der Waals surface area contributed by atoms with Gasteiger partial charge in [-0.15, -0.1) is 0 Å². The van der Waals surface area contributed by atoms with Crippen LogP contribution >= 0.6 is 0 Å². The topological polar surface area (TPSA) is 46.2 Å². The van der Waals surface area contributed by atoms with E-state index >= 15 is 0 Å². The Morgan fingerprint density at radius 2 is 1.67 bits per heavy atom. The van der Waals surface area contributed by atoms with Crippen LogP contribution in [0.3, 0.4) is 0 Å². The molecule has 24 heavy (non-hydrogen) atoms.